The molecular formula is C29H39N3O7Si. The Kier molecular flexibility index (Phi) is 8.53. The SMILES string of the molecule is C[C@H](O)C(=O)Nc1ccc2c(c1)[C@]1(O[C@@H](CC(=O)N(CCO)Cc3ccccc3)[C@H]([Si](C)(C)O)[C@H]1C)C(=O)N2C. The van der Waals surface area contributed by atoms with Crippen LogP contribution in [0, 0.1) is 5.92 Å². The number of nitrogens with one attached hydrogen (secondary N) is 1. The summed E-state index contributed by atoms with van der Waals surface area (Å²) in [7, 11) is -1.33. The second-order valence-corrected chi connectivity index (χ2v) is 15.3. The van der Waals surface area contributed by atoms with Crippen molar-refractivity contribution in [3.63, 3.8) is 0 Å². The van der Waals surface area contributed by atoms with Crippen LogP contribution in [0.15, 0.2) is 48.5 Å². The highest BCUT2D eigenvalue weighted by atomic mass is 28.4. The van der Waals surface area contributed by atoms with E-state index in [9.17, 15) is 29.4 Å². The molecule has 1 spiro atoms. The van der Waals surface area contributed by atoms with Crippen molar-refractivity contribution < 1.29 is 34.1 Å². The number of hydrogen-bond acceptors (Lipinski definition) is 7. The fourth-order valence-electron chi connectivity index (χ4n) is 6.23. The van der Waals surface area contributed by atoms with Crippen LogP contribution in [-0.2, 0) is 31.3 Å². The van der Waals surface area contributed by atoms with Crippen molar-refractivity contribution in [2.24, 2.45) is 5.92 Å². The number of carbonyl (C=O) groups is 3. The van der Waals surface area contributed by atoms with Crippen LogP contribution in [0.4, 0.5) is 11.4 Å². The highest BCUT2D eigenvalue weighted by molar-refractivity contribution is 6.71. The molecular weight excluding hydrogens is 530 g/mol. The highest BCUT2D eigenvalue weighted by Crippen LogP contribution is 2.59. The van der Waals surface area contributed by atoms with E-state index < -0.39 is 43.5 Å². The number of rotatable bonds is 9. The van der Waals surface area contributed by atoms with Crippen LogP contribution in [-0.4, -0.2) is 78.4 Å². The Balaban J connectivity index is 1.70. The number of aliphatic hydroxyl groups excluding tert-OH is 2. The van der Waals surface area contributed by atoms with Crippen LogP contribution in [0.25, 0.3) is 0 Å². The van der Waals surface area contributed by atoms with Gasteiger partial charge in [-0.3, -0.25) is 14.4 Å². The Morgan fingerprint density at radius 3 is 2.48 bits per heavy atom. The molecule has 40 heavy (non-hydrogen) atoms. The molecule has 11 heteroatoms. The fourth-order valence-corrected chi connectivity index (χ4v) is 8.78. The summed E-state index contributed by atoms with van der Waals surface area (Å²) in [5, 5.41) is 22.0. The van der Waals surface area contributed by atoms with Gasteiger partial charge in [0.1, 0.15) is 6.10 Å². The van der Waals surface area contributed by atoms with Gasteiger partial charge in [0.2, 0.25) is 5.91 Å². The van der Waals surface area contributed by atoms with Crippen molar-refractivity contribution in [2.45, 2.75) is 63.3 Å². The molecule has 4 rings (SSSR count). The summed E-state index contributed by atoms with van der Waals surface area (Å²) in [5.41, 5.74) is 0.564. The zero-order valence-corrected chi connectivity index (χ0v) is 24.6. The number of amides is 3. The summed E-state index contributed by atoms with van der Waals surface area (Å²) in [6.07, 6.45) is -2.03. The lowest BCUT2D eigenvalue weighted by molar-refractivity contribution is -0.149. The van der Waals surface area contributed by atoms with Crippen molar-refractivity contribution in [1.82, 2.24) is 4.90 Å². The van der Waals surface area contributed by atoms with Gasteiger partial charge in [0.05, 0.1) is 24.8 Å². The van der Waals surface area contributed by atoms with Crippen molar-refractivity contribution in [1.29, 1.82) is 0 Å². The maximum Gasteiger partial charge on any atom is 0.264 e. The van der Waals surface area contributed by atoms with Crippen LogP contribution >= 0.6 is 0 Å². The molecule has 216 valence electrons. The molecule has 0 radical (unpaired) electrons. The maximum atomic E-state index is 13.9. The average molecular weight is 570 g/mol. The van der Waals surface area contributed by atoms with Crippen LogP contribution in [0.1, 0.15) is 31.4 Å². The standard InChI is InChI=1S/C29H39N3O7Si/c1-18-26(40(4,5)38)24(16-25(35)32(13-14-33)17-20-9-7-6-8-10-20)39-29(18)22-15-21(30-27(36)19(2)34)11-12-23(22)31(3)28(29)37/h6-12,15,18-19,24,26,33-34,38H,13-14,16-17H2,1-5H3,(H,30,36)/t18-,19+,24+,26-,29+/m1/s1. The van der Waals surface area contributed by atoms with E-state index in [0.29, 0.717) is 23.5 Å². The third-order valence-corrected chi connectivity index (χ3v) is 10.6. The zero-order chi connectivity index (χ0) is 29.4. The van der Waals surface area contributed by atoms with E-state index in [2.05, 4.69) is 5.32 Å². The third kappa shape index (κ3) is 5.44. The predicted molar refractivity (Wildman–Crippen MR) is 153 cm³/mol. The molecule has 10 nitrogen and oxygen atoms in total. The van der Waals surface area contributed by atoms with Gasteiger partial charge in [-0.1, -0.05) is 37.3 Å². The van der Waals surface area contributed by atoms with E-state index in [1.54, 1.807) is 43.2 Å². The Bertz CT molecular complexity index is 1270. The lowest BCUT2D eigenvalue weighted by Crippen LogP contribution is -2.45. The Morgan fingerprint density at radius 1 is 1.20 bits per heavy atom. The second kappa shape index (κ2) is 11.4. The first-order chi connectivity index (χ1) is 18.8. The Morgan fingerprint density at radius 2 is 1.88 bits per heavy atom. The minimum atomic E-state index is -2.98. The molecule has 2 aromatic carbocycles. The molecule has 2 aromatic rings. The van der Waals surface area contributed by atoms with Crippen molar-refractivity contribution in [3.8, 4) is 0 Å². The van der Waals surface area contributed by atoms with Gasteiger partial charge < -0.3 is 34.9 Å². The van der Waals surface area contributed by atoms with Gasteiger partial charge in [-0.2, -0.15) is 0 Å². The van der Waals surface area contributed by atoms with Crippen molar-refractivity contribution >= 4 is 37.4 Å². The molecule has 0 unspecified atom stereocenters. The first-order valence-corrected chi connectivity index (χ1v) is 16.6. The Hall–Kier alpha value is -3.09. The quantitative estimate of drug-likeness (QED) is 0.340. The number of aliphatic hydroxyl groups is 2. The first kappa shape index (κ1) is 29.9. The summed E-state index contributed by atoms with van der Waals surface area (Å²) >= 11 is 0. The number of ether oxygens (including phenoxy) is 1. The van der Waals surface area contributed by atoms with E-state index in [0.717, 1.165) is 5.56 Å². The molecule has 0 saturated carbocycles. The van der Waals surface area contributed by atoms with Gasteiger partial charge in [-0.25, -0.2) is 0 Å². The summed E-state index contributed by atoms with van der Waals surface area (Å²) < 4.78 is 6.64. The van der Waals surface area contributed by atoms with Gasteiger partial charge in [-0.05, 0) is 43.8 Å². The van der Waals surface area contributed by atoms with Gasteiger partial charge in [0.25, 0.3) is 11.8 Å². The first-order valence-electron chi connectivity index (χ1n) is 13.6. The molecule has 1 fully saturated rings. The summed E-state index contributed by atoms with van der Waals surface area (Å²) in [6.45, 7) is 7.06. The minimum absolute atomic E-state index is 0.0641. The summed E-state index contributed by atoms with van der Waals surface area (Å²) in [4.78, 5) is 54.2. The predicted octanol–water partition coefficient (Wildman–Crippen LogP) is 2.19. The average Bonchev–Trinajstić information content (AvgIpc) is 3.30. The van der Waals surface area contributed by atoms with Gasteiger partial charge in [-0.15, -0.1) is 0 Å². The smallest absolute Gasteiger partial charge is 0.264 e. The number of anilines is 2. The lowest BCUT2D eigenvalue weighted by Gasteiger charge is -2.32. The van der Waals surface area contributed by atoms with Crippen LogP contribution < -0.4 is 10.2 Å². The molecule has 0 aliphatic carbocycles. The number of hydrogen-bond donors (Lipinski definition) is 4. The molecule has 4 N–H and O–H groups in total. The zero-order valence-electron chi connectivity index (χ0n) is 23.6. The number of likely N-dealkylation sites (N-methyl/N-ethyl adjacent to an activating group) is 1. The lowest BCUT2D eigenvalue weighted by atomic mass is 9.82. The monoisotopic (exact) mass is 569 g/mol. The second-order valence-electron chi connectivity index (χ2n) is 11.4. The third-order valence-electron chi connectivity index (χ3n) is 8.08. The van der Waals surface area contributed by atoms with Crippen molar-refractivity contribution in [3.05, 3.63) is 59.7 Å². The molecule has 0 aromatic heterocycles. The maximum absolute atomic E-state index is 13.9. The fraction of sp³-hybridized carbons (Fsp3) is 0.483. The highest BCUT2D eigenvalue weighted by Gasteiger charge is 2.66. The van der Waals surface area contributed by atoms with E-state index >= 15 is 0 Å². The van der Waals surface area contributed by atoms with Crippen LogP contribution in [0.3, 0.4) is 0 Å². The molecule has 3 amide bonds. The van der Waals surface area contributed by atoms with Gasteiger partial charge in [0.15, 0.2) is 13.9 Å². The van der Waals surface area contributed by atoms with E-state index in [-0.39, 0.29) is 31.4 Å². The molecule has 2 aliphatic rings. The van der Waals surface area contributed by atoms with E-state index in [4.69, 9.17) is 4.74 Å². The number of fused-ring (bicyclic) bond motifs is 2. The van der Waals surface area contributed by atoms with Crippen molar-refractivity contribution in [2.75, 3.05) is 30.4 Å². The number of benzene rings is 2. The molecule has 5 atom stereocenters. The van der Waals surface area contributed by atoms with E-state index in [1.165, 1.54) is 11.8 Å². The van der Waals surface area contributed by atoms with Crippen LogP contribution in [0.2, 0.25) is 18.6 Å². The Labute approximate surface area is 235 Å². The normalized spacial score (nSPS) is 24.8. The number of carbonyl (C=O) groups excluding carboxylic acids is 3. The van der Waals surface area contributed by atoms with E-state index in [1.807, 2.05) is 37.3 Å². The van der Waals surface area contributed by atoms with Crippen LogP contribution in [0.5, 0.6) is 0 Å². The summed E-state index contributed by atoms with van der Waals surface area (Å²) in [6, 6.07) is 14.5. The van der Waals surface area contributed by atoms with Gasteiger partial charge >= 0.3 is 0 Å². The van der Waals surface area contributed by atoms with Gasteiger partial charge in [0, 0.05) is 42.8 Å². The molecule has 2 heterocycles. The summed E-state index contributed by atoms with van der Waals surface area (Å²) in [5.74, 6) is -1.60. The molecule has 0 bridgehead atoms. The topological polar surface area (TPSA) is 140 Å². The molecule has 1 saturated heterocycles. The largest absolute Gasteiger partial charge is 0.432 e. The molecule has 2 aliphatic heterocycles. The minimum Gasteiger partial charge on any atom is -0.432 e. The number of nitrogens with zero attached hydrogens (tertiary/aromatic N) is 2.